The van der Waals surface area contributed by atoms with Crippen molar-refractivity contribution in [2.45, 2.75) is 26.2 Å². The van der Waals surface area contributed by atoms with Crippen LogP contribution in [0.25, 0.3) is 11.4 Å². The molecular formula is C22H21F2N3O3. The molecule has 0 N–H and O–H groups in total. The molecular weight excluding hydrogens is 392 g/mol. The Morgan fingerprint density at radius 3 is 2.67 bits per heavy atom. The molecule has 1 amide bonds. The number of hydrogen-bond donors (Lipinski definition) is 0. The van der Waals surface area contributed by atoms with Crippen molar-refractivity contribution in [1.82, 2.24) is 10.1 Å². The van der Waals surface area contributed by atoms with E-state index in [0.29, 0.717) is 24.2 Å². The molecule has 8 heteroatoms. The Morgan fingerprint density at radius 1 is 1.20 bits per heavy atom. The Kier molecular flexibility index (Phi) is 5.48. The van der Waals surface area contributed by atoms with Gasteiger partial charge in [0.1, 0.15) is 17.4 Å². The summed E-state index contributed by atoms with van der Waals surface area (Å²) in [5.41, 5.74) is 0.799. The van der Waals surface area contributed by atoms with E-state index >= 15 is 0 Å². The van der Waals surface area contributed by atoms with Crippen molar-refractivity contribution in [2.75, 3.05) is 18.1 Å². The molecule has 1 unspecified atom stereocenters. The molecule has 2 heterocycles. The van der Waals surface area contributed by atoms with E-state index in [9.17, 15) is 13.6 Å². The van der Waals surface area contributed by atoms with E-state index in [-0.39, 0.29) is 30.5 Å². The second-order valence-electron chi connectivity index (χ2n) is 7.69. The van der Waals surface area contributed by atoms with Crippen LogP contribution in [-0.2, 0) is 4.79 Å². The number of benzene rings is 2. The zero-order valence-electron chi connectivity index (χ0n) is 16.6. The predicted octanol–water partition coefficient (Wildman–Crippen LogP) is 4.57. The van der Waals surface area contributed by atoms with Gasteiger partial charge in [0.05, 0.1) is 18.2 Å². The van der Waals surface area contributed by atoms with Gasteiger partial charge in [-0.15, -0.1) is 0 Å². The third kappa shape index (κ3) is 4.17. The van der Waals surface area contributed by atoms with Gasteiger partial charge in [-0.1, -0.05) is 19.0 Å². The number of nitrogens with zero attached hydrogens (tertiary/aromatic N) is 3. The number of anilines is 1. The van der Waals surface area contributed by atoms with Crippen LogP contribution < -0.4 is 9.64 Å². The minimum Gasteiger partial charge on any atom is -0.493 e. The summed E-state index contributed by atoms with van der Waals surface area (Å²) in [5, 5.41) is 4.01. The largest absolute Gasteiger partial charge is 0.493 e. The highest BCUT2D eigenvalue weighted by atomic mass is 19.1. The first-order chi connectivity index (χ1) is 14.4. The van der Waals surface area contributed by atoms with Crippen LogP contribution in [0, 0.1) is 17.6 Å². The van der Waals surface area contributed by atoms with E-state index in [4.69, 9.17) is 9.26 Å². The molecule has 3 aromatic rings. The third-order valence-corrected chi connectivity index (χ3v) is 4.81. The molecule has 1 aliphatic heterocycles. The Morgan fingerprint density at radius 2 is 1.97 bits per heavy atom. The first-order valence-corrected chi connectivity index (χ1v) is 9.73. The quantitative estimate of drug-likeness (QED) is 0.592. The molecule has 1 saturated heterocycles. The van der Waals surface area contributed by atoms with Gasteiger partial charge in [-0.25, -0.2) is 8.78 Å². The van der Waals surface area contributed by atoms with Crippen LogP contribution in [0.5, 0.6) is 5.75 Å². The number of hydrogen-bond acceptors (Lipinski definition) is 5. The number of halogens is 2. The van der Waals surface area contributed by atoms with Crippen LogP contribution in [0.4, 0.5) is 14.5 Å². The maximum absolute atomic E-state index is 14.1. The van der Waals surface area contributed by atoms with Gasteiger partial charge in [0.2, 0.25) is 17.6 Å². The molecule has 1 aromatic heterocycles. The highest BCUT2D eigenvalue weighted by Crippen LogP contribution is 2.33. The number of amides is 1. The lowest BCUT2D eigenvalue weighted by Gasteiger charge is -2.16. The van der Waals surface area contributed by atoms with Crippen molar-refractivity contribution in [2.24, 2.45) is 5.92 Å². The summed E-state index contributed by atoms with van der Waals surface area (Å²) in [5.74, 6) is -0.218. The van der Waals surface area contributed by atoms with E-state index in [1.54, 1.807) is 0 Å². The van der Waals surface area contributed by atoms with Gasteiger partial charge in [0, 0.05) is 24.6 Å². The first kappa shape index (κ1) is 20.0. The van der Waals surface area contributed by atoms with Gasteiger partial charge in [-0.2, -0.15) is 4.98 Å². The molecule has 0 spiro atoms. The fraction of sp³-hybridized carbons (Fsp3) is 0.318. The van der Waals surface area contributed by atoms with Crippen molar-refractivity contribution in [1.29, 1.82) is 0 Å². The average molecular weight is 413 g/mol. The standard InChI is InChI=1S/C22H21F2N3O3/c1-13(2)12-29-17-6-3-14(4-7-17)21-25-22(30-26-21)15-9-20(28)27(11-15)19-8-5-16(23)10-18(19)24/h3-8,10,13,15H,9,11-12H2,1-2H3. The number of carbonyl (C=O) groups is 1. The van der Waals surface area contributed by atoms with Crippen molar-refractivity contribution in [3.8, 4) is 17.1 Å². The summed E-state index contributed by atoms with van der Waals surface area (Å²) in [6.45, 7) is 4.97. The third-order valence-electron chi connectivity index (χ3n) is 4.81. The summed E-state index contributed by atoms with van der Waals surface area (Å²) < 4.78 is 38.3. The van der Waals surface area contributed by atoms with Gasteiger partial charge in [0.25, 0.3) is 0 Å². The summed E-state index contributed by atoms with van der Waals surface area (Å²) in [6.07, 6.45) is 0.112. The van der Waals surface area contributed by atoms with E-state index < -0.39 is 11.6 Å². The summed E-state index contributed by atoms with van der Waals surface area (Å²) in [7, 11) is 0. The summed E-state index contributed by atoms with van der Waals surface area (Å²) in [4.78, 5) is 18.1. The van der Waals surface area contributed by atoms with E-state index in [0.717, 1.165) is 23.4 Å². The number of rotatable bonds is 6. The summed E-state index contributed by atoms with van der Waals surface area (Å²) >= 11 is 0. The van der Waals surface area contributed by atoms with Crippen LogP contribution in [0.3, 0.4) is 0 Å². The molecule has 1 atom stereocenters. The smallest absolute Gasteiger partial charge is 0.232 e. The minimum absolute atomic E-state index is 0.0422. The lowest BCUT2D eigenvalue weighted by molar-refractivity contribution is -0.117. The molecule has 0 radical (unpaired) electrons. The molecule has 0 aliphatic carbocycles. The van der Waals surface area contributed by atoms with Crippen molar-refractivity contribution < 1.29 is 22.8 Å². The second-order valence-corrected chi connectivity index (χ2v) is 7.69. The number of carbonyl (C=O) groups excluding carboxylic acids is 1. The van der Waals surface area contributed by atoms with Crippen molar-refractivity contribution in [3.63, 3.8) is 0 Å². The zero-order valence-corrected chi connectivity index (χ0v) is 16.6. The van der Waals surface area contributed by atoms with Gasteiger partial charge in [0.15, 0.2) is 0 Å². The lowest BCUT2D eigenvalue weighted by atomic mass is 10.1. The van der Waals surface area contributed by atoms with Crippen molar-refractivity contribution in [3.05, 3.63) is 60.0 Å². The second kappa shape index (κ2) is 8.22. The molecule has 6 nitrogen and oxygen atoms in total. The monoisotopic (exact) mass is 413 g/mol. The van der Waals surface area contributed by atoms with Gasteiger partial charge in [-0.3, -0.25) is 4.79 Å². The molecule has 1 aliphatic rings. The Hall–Kier alpha value is -3.29. The van der Waals surface area contributed by atoms with Crippen LogP contribution >= 0.6 is 0 Å². The molecule has 2 aromatic carbocycles. The SMILES string of the molecule is CC(C)COc1ccc(-c2noc(C3CC(=O)N(c4ccc(F)cc4F)C3)n2)cc1. The highest BCUT2D eigenvalue weighted by molar-refractivity contribution is 5.96. The Bertz CT molecular complexity index is 1050. The molecule has 4 rings (SSSR count). The lowest BCUT2D eigenvalue weighted by Crippen LogP contribution is -2.25. The summed E-state index contributed by atoms with van der Waals surface area (Å²) in [6, 6.07) is 10.5. The maximum Gasteiger partial charge on any atom is 0.232 e. The van der Waals surface area contributed by atoms with Crippen LogP contribution in [0.15, 0.2) is 47.0 Å². The van der Waals surface area contributed by atoms with E-state index in [2.05, 4.69) is 24.0 Å². The predicted molar refractivity (Wildman–Crippen MR) is 106 cm³/mol. The average Bonchev–Trinajstić information content (AvgIpc) is 3.34. The topological polar surface area (TPSA) is 68.5 Å². The normalized spacial score (nSPS) is 16.5. The van der Waals surface area contributed by atoms with E-state index in [1.165, 1.54) is 11.0 Å². The zero-order chi connectivity index (χ0) is 21.3. The van der Waals surface area contributed by atoms with Gasteiger partial charge < -0.3 is 14.2 Å². The van der Waals surface area contributed by atoms with Crippen molar-refractivity contribution >= 4 is 11.6 Å². The minimum atomic E-state index is -0.782. The van der Waals surface area contributed by atoms with Crippen LogP contribution in [0.2, 0.25) is 0 Å². The molecule has 1 fully saturated rings. The number of ether oxygens (including phenoxy) is 1. The van der Waals surface area contributed by atoms with Crippen LogP contribution in [-0.4, -0.2) is 29.2 Å². The number of aromatic nitrogens is 2. The highest BCUT2D eigenvalue weighted by Gasteiger charge is 2.36. The Balaban J connectivity index is 1.47. The van der Waals surface area contributed by atoms with E-state index in [1.807, 2.05) is 24.3 Å². The fourth-order valence-corrected chi connectivity index (χ4v) is 3.29. The maximum atomic E-state index is 14.1. The van der Waals surface area contributed by atoms with Gasteiger partial charge >= 0.3 is 0 Å². The van der Waals surface area contributed by atoms with Gasteiger partial charge in [-0.05, 0) is 42.3 Å². The molecule has 0 saturated carbocycles. The first-order valence-electron chi connectivity index (χ1n) is 9.73. The fourth-order valence-electron chi connectivity index (χ4n) is 3.29. The van der Waals surface area contributed by atoms with Crippen LogP contribution in [0.1, 0.15) is 32.1 Å². The molecule has 0 bridgehead atoms. The molecule has 30 heavy (non-hydrogen) atoms. The molecule has 156 valence electrons. The Labute approximate surface area is 172 Å².